The highest BCUT2D eigenvalue weighted by Crippen LogP contribution is 2.16. The zero-order chi connectivity index (χ0) is 14.3. The van der Waals surface area contributed by atoms with Crippen molar-refractivity contribution >= 4 is 0 Å². The van der Waals surface area contributed by atoms with Gasteiger partial charge in [-0.3, -0.25) is 4.90 Å². The lowest BCUT2D eigenvalue weighted by atomic mass is 10.1. The Balaban J connectivity index is 2.75. The first-order valence-electron chi connectivity index (χ1n) is 7.29. The molecular weight excluding hydrogens is 239 g/mol. The van der Waals surface area contributed by atoms with Crippen LogP contribution < -0.4 is 5.73 Å². The maximum absolute atomic E-state index is 13.4. The molecule has 108 valence electrons. The van der Waals surface area contributed by atoms with E-state index in [4.69, 9.17) is 5.73 Å². The molecule has 0 fully saturated rings. The third-order valence-corrected chi connectivity index (χ3v) is 3.54. The second kappa shape index (κ2) is 8.28. The molecule has 2 nitrogen and oxygen atoms in total. The molecular formula is C16H27FN2. The molecule has 0 spiro atoms. The fourth-order valence-electron chi connectivity index (χ4n) is 2.24. The van der Waals surface area contributed by atoms with Crippen LogP contribution >= 0.6 is 0 Å². The van der Waals surface area contributed by atoms with Crippen molar-refractivity contribution in [1.82, 2.24) is 4.90 Å². The Labute approximate surface area is 116 Å². The second-order valence-electron chi connectivity index (χ2n) is 5.39. The molecule has 0 saturated heterocycles. The van der Waals surface area contributed by atoms with Crippen molar-refractivity contribution in [3.05, 3.63) is 35.1 Å². The number of nitrogens with two attached hydrogens (primary N) is 1. The van der Waals surface area contributed by atoms with Crippen LogP contribution in [0, 0.1) is 5.82 Å². The van der Waals surface area contributed by atoms with Crippen molar-refractivity contribution in [1.29, 1.82) is 0 Å². The summed E-state index contributed by atoms with van der Waals surface area (Å²) in [7, 11) is 0. The lowest BCUT2D eigenvalue weighted by Crippen LogP contribution is -2.31. The topological polar surface area (TPSA) is 29.3 Å². The molecule has 19 heavy (non-hydrogen) atoms. The highest BCUT2D eigenvalue weighted by molar-refractivity contribution is 5.27. The largest absolute Gasteiger partial charge is 0.326 e. The number of nitrogens with zero attached hydrogens (tertiary/aromatic N) is 1. The van der Waals surface area contributed by atoms with Crippen LogP contribution in [0.15, 0.2) is 18.2 Å². The minimum atomic E-state index is -0.176. The molecule has 1 aromatic rings. The molecule has 1 rings (SSSR count). The van der Waals surface area contributed by atoms with E-state index < -0.39 is 0 Å². The zero-order valence-electron chi connectivity index (χ0n) is 12.5. The van der Waals surface area contributed by atoms with E-state index in [-0.39, 0.29) is 5.82 Å². The van der Waals surface area contributed by atoms with Crippen molar-refractivity contribution in [3.63, 3.8) is 0 Å². The molecule has 0 atom stereocenters. The molecule has 2 N–H and O–H groups in total. The van der Waals surface area contributed by atoms with Gasteiger partial charge in [0.05, 0.1) is 0 Å². The quantitative estimate of drug-likeness (QED) is 0.727. The first-order chi connectivity index (χ1) is 9.08. The average molecular weight is 266 g/mol. The van der Waals surface area contributed by atoms with E-state index in [2.05, 4.69) is 25.7 Å². The SMILES string of the molecule is CCCCCN(Cc1cc(F)ccc1CN)C(C)C. The molecule has 0 amide bonds. The standard InChI is InChI=1S/C16H27FN2/c1-4-5-6-9-19(13(2)3)12-15-10-16(17)8-7-14(15)11-18/h7-8,10,13H,4-6,9,11-12,18H2,1-3H3. The summed E-state index contributed by atoms with van der Waals surface area (Å²) in [5, 5.41) is 0. The van der Waals surface area contributed by atoms with Gasteiger partial charge in [0, 0.05) is 19.1 Å². The fraction of sp³-hybridized carbons (Fsp3) is 0.625. The van der Waals surface area contributed by atoms with E-state index in [0.29, 0.717) is 12.6 Å². The Morgan fingerprint density at radius 1 is 1.21 bits per heavy atom. The maximum Gasteiger partial charge on any atom is 0.123 e. The Morgan fingerprint density at radius 2 is 1.95 bits per heavy atom. The summed E-state index contributed by atoms with van der Waals surface area (Å²) in [6, 6.07) is 5.38. The summed E-state index contributed by atoms with van der Waals surface area (Å²) in [5.74, 6) is -0.176. The van der Waals surface area contributed by atoms with Crippen molar-refractivity contribution < 1.29 is 4.39 Å². The number of rotatable bonds is 8. The first kappa shape index (κ1) is 16.1. The Kier molecular flexibility index (Phi) is 7.03. The second-order valence-corrected chi connectivity index (χ2v) is 5.39. The third kappa shape index (κ3) is 5.29. The minimum absolute atomic E-state index is 0.176. The van der Waals surface area contributed by atoms with Gasteiger partial charge in [0.1, 0.15) is 5.82 Å². The highest BCUT2D eigenvalue weighted by atomic mass is 19.1. The Morgan fingerprint density at radius 3 is 2.53 bits per heavy atom. The number of hydrogen-bond acceptors (Lipinski definition) is 2. The molecule has 0 aliphatic heterocycles. The summed E-state index contributed by atoms with van der Waals surface area (Å²) < 4.78 is 13.4. The summed E-state index contributed by atoms with van der Waals surface area (Å²) in [4.78, 5) is 2.39. The van der Waals surface area contributed by atoms with Crippen LogP contribution in [0.2, 0.25) is 0 Å². The molecule has 0 heterocycles. The number of halogens is 1. The monoisotopic (exact) mass is 266 g/mol. The van der Waals surface area contributed by atoms with Crippen LogP contribution in [-0.2, 0) is 13.1 Å². The van der Waals surface area contributed by atoms with Gasteiger partial charge in [-0.2, -0.15) is 0 Å². The zero-order valence-corrected chi connectivity index (χ0v) is 12.5. The van der Waals surface area contributed by atoms with E-state index in [0.717, 1.165) is 24.2 Å². The lowest BCUT2D eigenvalue weighted by molar-refractivity contribution is 0.207. The molecule has 0 aliphatic rings. The third-order valence-electron chi connectivity index (χ3n) is 3.54. The molecule has 0 aliphatic carbocycles. The summed E-state index contributed by atoms with van der Waals surface area (Å²) >= 11 is 0. The molecule has 1 aromatic carbocycles. The van der Waals surface area contributed by atoms with Crippen LogP contribution in [-0.4, -0.2) is 17.5 Å². The molecule has 0 aromatic heterocycles. The first-order valence-corrected chi connectivity index (χ1v) is 7.29. The van der Waals surface area contributed by atoms with Gasteiger partial charge in [0.25, 0.3) is 0 Å². The van der Waals surface area contributed by atoms with E-state index in [1.165, 1.54) is 25.3 Å². The van der Waals surface area contributed by atoms with Gasteiger partial charge < -0.3 is 5.73 Å². The fourth-order valence-corrected chi connectivity index (χ4v) is 2.24. The van der Waals surface area contributed by atoms with Crippen LogP contribution in [0.1, 0.15) is 51.2 Å². The van der Waals surface area contributed by atoms with E-state index in [9.17, 15) is 4.39 Å². The lowest BCUT2D eigenvalue weighted by Gasteiger charge is -2.27. The van der Waals surface area contributed by atoms with Crippen LogP contribution in [0.3, 0.4) is 0 Å². The molecule has 0 radical (unpaired) electrons. The van der Waals surface area contributed by atoms with Crippen LogP contribution in [0.5, 0.6) is 0 Å². The van der Waals surface area contributed by atoms with Gasteiger partial charge in [-0.25, -0.2) is 4.39 Å². The normalized spacial score (nSPS) is 11.5. The molecule has 0 unspecified atom stereocenters. The predicted molar refractivity (Wildman–Crippen MR) is 79.4 cm³/mol. The van der Waals surface area contributed by atoms with Crippen LogP contribution in [0.4, 0.5) is 4.39 Å². The van der Waals surface area contributed by atoms with Gasteiger partial charge >= 0.3 is 0 Å². The predicted octanol–water partition coefficient (Wildman–Crippen LogP) is 3.69. The number of unbranched alkanes of at least 4 members (excludes halogenated alkanes) is 2. The summed E-state index contributed by atoms with van der Waals surface area (Å²) in [6.45, 7) is 8.90. The van der Waals surface area contributed by atoms with Crippen LogP contribution in [0.25, 0.3) is 0 Å². The van der Waals surface area contributed by atoms with E-state index in [1.54, 1.807) is 12.1 Å². The summed E-state index contributed by atoms with van der Waals surface area (Å²) in [6.07, 6.45) is 3.66. The highest BCUT2D eigenvalue weighted by Gasteiger charge is 2.12. The molecule has 3 heteroatoms. The van der Waals surface area contributed by atoms with Gasteiger partial charge in [-0.05, 0) is 50.1 Å². The van der Waals surface area contributed by atoms with Gasteiger partial charge in [-0.15, -0.1) is 0 Å². The Hall–Kier alpha value is -0.930. The number of benzene rings is 1. The van der Waals surface area contributed by atoms with Crippen molar-refractivity contribution in [3.8, 4) is 0 Å². The van der Waals surface area contributed by atoms with Crippen molar-refractivity contribution in [2.75, 3.05) is 6.54 Å². The Bertz CT molecular complexity index is 377. The smallest absolute Gasteiger partial charge is 0.123 e. The molecule has 0 bridgehead atoms. The van der Waals surface area contributed by atoms with E-state index >= 15 is 0 Å². The van der Waals surface area contributed by atoms with Gasteiger partial charge in [-0.1, -0.05) is 25.8 Å². The number of hydrogen-bond donors (Lipinski definition) is 1. The van der Waals surface area contributed by atoms with Crippen molar-refractivity contribution in [2.45, 2.75) is 59.2 Å². The van der Waals surface area contributed by atoms with Gasteiger partial charge in [0.2, 0.25) is 0 Å². The summed E-state index contributed by atoms with van der Waals surface area (Å²) in [5.41, 5.74) is 7.80. The van der Waals surface area contributed by atoms with E-state index in [1.807, 2.05) is 0 Å². The maximum atomic E-state index is 13.4. The van der Waals surface area contributed by atoms with Gasteiger partial charge in [0.15, 0.2) is 0 Å². The van der Waals surface area contributed by atoms with Crippen molar-refractivity contribution in [2.24, 2.45) is 5.73 Å². The average Bonchev–Trinajstić information content (AvgIpc) is 2.38. The minimum Gasteiger partial charge on any atom is -0.326 e. The molecule has 0 saturated carbocycles.